The Morgan fingerprint density at radius 3 is 2.80 bits per heavy atom. The molecule has 0 spiro atoms. The molecule has 0 saturated carbocycles. The maximum absolute atomic E-state index is 12.4. The van der Waals surface area contributed by atoms with Crippen molar-refractivity contribution in [2.45, 2.75) is 0 Å². The van der Waals surface area contributed by atoms with E-state index in [1.807, 2.05) is 0 Å². The standard InChI is InChI=1S/C8H6FO/c9-8-3-1-2-7(6-8)4-5-10/h1-6H. The average molecular weight is 137 g/mol. The van der Waals surface area contributed by atoms with Crippen molar-refractivity contribution in [3.8, 4) is 0 Å². The van der Waals surface area contributed by atoms with Crippen LogP contribution >= 0.6 is 0 Å². The quantitative estimate of drug-likeness (QED) is 0.565. The lowest BCUT2D eigenvalue weighted by molar-refractivity contribution is -0.104. The predicted molar refractivity (Wildman–Crippen MR) is 35.9 cm³/mol. The zero-order chi connectivity index (χ0) is 7.40. The number of aldehydes is 1. The minimum absolute atomic E-state index is 0.324. The van der Waals surface area contributed by atoms with E-state index in [1.165, 1.54) is 18.6 Å². The van der Waals surface area contributed by atoms with Crippen molar-refractivity contribution in [3.63, 3.8) is 0 Å². The van der Waals surface area contributed by atoms with Gasteiger partial charge in [-0.2, -0.15) is 0 Å². The van der Waals surface area contributed by atoms with Crippen molar-refractivity contribution < 1.29 is 9.18 Å². The Balaban J connectivity index is 2.84. The number of carbonyl (C=O) groups excluding carboxylic acids is 1. The van der Waals surface area contributed by atoms with Crippen LogP contribution in [0.4, 0.5) is 4.39 Å². The molecule has 0 saturated heterocycles. The summed E-state index contributed by atoms with van der Waals surface area (Å²) in [4.78, 5) is 9.91. The zero-order valence-electron chi connectivity index (χ0n) is 5.25. The first-order valence-electron chi connectivity index (χ1n) is 2.87. The molecule has 1 radical (unpaired) electrons. The van der Waals surface area contributed by atoms with Crippen molar-refractivity contribution in [2.75, 3.05) is 0 Å². The van der Waals surface area contributed by atoms with Crippen LogP contribution in [0.2, 0.25) is 0 Å². The molecular formula is C8H6FO. The van der Waals surface area contributed by atoms with Gasteiger partial charge in [0.2, 0.25) is 0 Å². The van der Waals surface area contributed by atoms with E-state index < -0.39 is 0 Å². The second kappa shape index (κ2) is 3.11. The second-order valence-electron chi connectivity index (χ2n) is 1.86. The Morgan fingerprint density at radius 2 is 2.20 bits per heavy atom. The molecule has 0 aliphatic heterocycles. The van der Waals surface area contributed by atoms with Crippen molar-refractivity contribution in [2.24, 2.45) is 0 Å². The van der Waals surface area contributed by atoms with Crippen LogP contribution in [0.5, 0.6) is 0 Å². The molecule has 0 amide bonds. The van der Waals surface area contributed by atoms with Crippen molar-refractivity contribution in [1.82, 2.24) is 0 Å². The number of hydrogen-bond donors (Lipinski definition) is 0. The van der Waals surface area contributed by atoms with E-state index in [0.29, 0.717) is 11.8 Å². The highest BCUT2D eigenvalue weighted by Crippen LogP contribution is 2.03. The van der Waals surface area contributed by atoms with Gasteiger partial charge in [-0.1, -0.05) is 12.1 Å². The fraction of sp³-hybridized carbons (Fsp3) is 0. The van der Waals surface area contributed by atoms with Crippen LogP contribution in [0.1, 0.15) is 5.56 Å². The molecule has 1 aromatic rings. The van der Waals surface area contributed by atoms with Crippen molar-refractivity contribution in [1.29, 1.82) is 0 Å². The summed E-state index contributed by atoms with van der Waals surface area (Å²) in [5, 5.41) is 0. The molecule has 1 nitrogen and oxygen atoms in total. The summed E-state index contributed by atoms with van der Waals surface area (Å²) < 4.78 is 12.4. The van der Waals surface area contributed by atoms with Gasteiger partial charge < -0.3 is 4.79 Å². The lowest BCUT2D eigenvalue weighted by atomic mass is 10.2. The summed E-state index contributed by atoms with van der Waals surface area (Å²) in [5.41, 5.74) is 0.593. The lowest BCUT2D eigenvalue weighted by Crippen LogP contribution is -1.82. The molecule has 0 unspecified atom stereocenters. The average Bonchev–Trinajstić information content (AvgIpc) is 1.88. The molecule has 0 aliphatic rings. The van der Waals surface area contributed by atoms with Crippen molar-refractivity contribution in [3.05, 3.63) is 42.1 Å². The Morgan fingerprint density at radius 1 is 1.40 bits per heavy atom. The van der Waals surface area contributed by atoms with Gasteiger partial charge in [0, 0.05) is 0 Å². The predicted octanol–water partition coefficient (Wildman–Crippen LogP) is 1.58. The fourth-order valence-electron chi connectivity index (χ4n) is 0.689. The highest BCUT2D eigenvalue weighted by atomic mass is 19.1. The molecule has 0 N–H and O–H groups in total. The molecule has 2 heteroatoms. The molecule has 1 rings (SSSR count). The number of hydrogen-bond acceptors (Lipinski definition) is 1. The van der Waals surface area contributed by atoms with Gasteiger partial charge in [0.15, 0.2) is 0 Å². The third kappa shape index (κ3) is 1.65. The van der Waals surface area contributed by atoms with Crippen LogP contribution in [0.25, 0.3) is 0 Å². The van der Waals surface area contributed by atoms with Gasteiger partial charge in [0.1, 0.15) is 12.1 Å². The van der Waals surface area contributed by atoms with E-state index >= 15 is 0 Å². The maximum Gasteiger partial charge on any atom is 0.128 e. The van der Waals surface area contributed by atoms with Crippen LogP contribution in [0.15, 0.2) is 24.3 Å². The molecule has 0 bridgehead atoms. The topological polar surface area (TPSA) is 17.1 Å². The molecule has 1 aromatic carbocycles. The Kier molecular flexibility index (Phi) is 2.15. The molecule has 0 fully saturated rings. The number of benzene rings is 1. The van der Waals surface area contributed by atoms with Gasteiger partial charge in [-0.3, -0.25) is 0 Å². The van der Waals surface area contributed by atoms with Gasteiger partial charge in [0.25, 0.3) is 0 Å². The van der Waals surface area contributed by atoms with Crippen LogP contribution in [0, 0.1) is 12.2 Å². The highest BCUT2D eigenvalue weighted by Gasteiger charge is 1.92. The smallest absolute Gasteiger partial charge is 0.128 e. The van der Waals surface area contributed by atoms with E-state index in [9.17, 15) is 9.18 Å². The molecule has 0 heterocycles. The van der Waals surface area contributed by atoms with Crippen LogP contribution in [0.3, 0.4) is 0 Å². The summed E-state index contributed by atoms with van der Waals surface area (Å²) in [6, 6.07) is 5.86. The summed E-state index contributed by atoms with van der Waals surface area (Å²) in [6.07, 6.45) is 1.94. The Hall–Kier alpha value is -1.18. The van der Waals surface area contributed by atoms with Gasteiger partial charge in [-0.25, -0.2) is 4.39 Å². The molecule has 10 heavy (non-hydrogen) atoms. The monoisotopic (exact) mass is 137 g/mol. The summed E-state index contributed by atoms with van der Waals surface area (Å²) >= 11 is 0. The highest BCUT2D eigenvalue weighted by molar-refractivity contribution is 5.67. The van der Waals surface area contributed by atoms with Gasteiger partial charge >= 0.3 is 0 Å². The molecular weight excluding hydrogens is 131 g/mol. The Bertz CT molecular complexity index is 232. The van der Waals surface area contributed by atoms with E-state index in [0.717, 1.165) is 0 Å². The van der Waals surface area contributed by atoms with Crippen LogP contribution < -0.4 is 0 Å². The van der Waals surface area contributed by atoms with E-state index in [-0.39, 0.29) is 5.82 Å². The summed E-state index contributed by atoms with van der Waals surface area (Å²) in [5.74, 6) is -0.324. The minimum atomic E-state index is -0.324. The van der Waals surface area contributed by atoms with Crippen LogP contribution in [-0.2, 0) is 4.79 Å². The largest absolute Gasteiger partial charge is 0.303 e. The zero-order valence-corrected chi connectivity index (χ0v) is 5.25. The molecule has 0 atom stereocenters. The number of halogens is 1. The third-order valence-corrected chi connectivity index (χ3v) is 1.11. The van der Waals surface area contributed by atoms with Gasteiger partial charge in [0.05, 0.1) is 6.42 Å². The first-order chi connectivity index (χ1) is 4.83. The second-order valence-corrected chi connectivity index (χ2v) is 1.86. The number of rotatable bonds is 2. The van der Waals surface area contributed by atoms with E-state index in [1.54, 1.807) is 12.1 Å². The first kappa shape index (κ1) is 6.93. The Labute approximate surface area is 58.5 Å². The van der Waals surface area contributed by atoms with Crippen LogP contribution in [-0.4, -0.2) is 6.29 Å². The van der Waals surface area contributed by atoms with Gasteiger partial charge in [-0.05, 0) is 17.7 Å². The SMILES string of the molecule is O=C[CH]c1cccc(F)c1. The minimum Gasteiger partial charge on any atom is -0.303 e. The van der Waals surface area contributed by atoms with Crippen molar-refractivity contribution >= 4 is 6.29 Å². The summed E-state index contributed by atoms with van der Waals surface area (Å²) in [7, 11) is 0. The summed E-state index contributed by atoms with van der Waals surface area (Å²) in [6.45, 7) is 0. The lowest BCUT2D eigenvalue weighted by Gasteiger charge is -1.91. The van der Waals surface area contributed by atoms with E-state index in [2.05, 4.69) is 0 Å². The first-order valence-corrected chi connectivity index (χ1v) is 2.87. The van der Waals surface area contributed by atoms with E-state index in [4.69, 9.17) is 0 Å². The molecule has 0 aromatic heterocycles. The van der Waals surface area contributed by atoms with Gasteiger partial charge in [-0.15, -0.1) is 0 Å². The molecule has 0 aliphatic carbocycles. The normalized spacial score (nSPS) is 9.30. The fourth-order valence-corrected chi connectivity index (χ4v) is 0.689. The maximum atomic E-state index is 12.4. The number of carbonyl (C=O) groups is 1. The molecule has 51 valence electrons. The third-order valence-electron chi connectivity index (χ3n) is 1.11.